The van der Waals surface area contributed by atoms with Crippen LogP contribution >= 0.6 is 0 Å². The van der Waals surface area contributed by atoms with Crippen LogP contribution in [0.1, 0.15) is 51.7 Å². The van der Waals surface area contributed by atoms with Gasteiger partial charge in [-0.2, -0.15) is 0 Å². The molecule has 0 aliphatic heterocycles. The van der Waals surface area contributed by atoms with Crippen molar-refractivity contribution in [2.45, 2.75) is 59.6 Å². The summed E-state index contributed by atoms with van der Waals surface area (Å²) in [4.78, 5) is 50.0. The SMILES string of the molecule is CC(=O)OCCN(C)C(=O)OCc1ccc(NC(=O)[C@@H](Cc2ccccc2)NC(=O)CCC(C)(C)C)cc1. The second kappa shape index (κ2) is 14.8. The number of amides is 3. The minimum atomic E-state index is -0.729. The fraction of sp³-hybridized carbons (Fsp3) is 0.448. The zero-order chi connectivity index (χ0) is 28.1. The third-order valence-electron chi connectivity index (χ3n) is 5.66. The number of carbonyl (C=O) groups is 4. The van der Waals surface area contributed by atoms with Gasteiger partial charge in [0, 0.05) is 32.5 Å². The number of nitrogens with zero attached hydrogens (tertiary/aromatic N) is 1. The topological polar surface area (TPSA) is 114 Å². The Morgan fingerprint density at radius 1 is 0.921 bits per heavy atom. The van der Waals surface area contributed by atoms with E-state index in [1.807, 2.05) is 30.3 Å². The summed E-state index contributed by atoms with van der Waals surface area (Å²) in [7, 11) is 1.55. The molecule has 0 saturated heterocycles. The molecule has 9 heteroatoms. The maximum absolute atomic E-state index is 13.1. The standard InChI is InChI=1S/C29H39N3O6/c1-21(33)37-18-17-32(5)28(36)38-20-23-11-13-24(14-12-23)30-27(35)25(19-22-9-7-6-8-10-22)31-26(34)15-16-29(2,3)4/h6-14,25H,15-20H2,1-5H3,(H,30,35)(H,31,34)/t25-/m1/s1. The summed E-state index contributed by atoms with van der Waals surface area (Å²) in [6.45, 7) is 7.89. The van der Waals surface area contributed by atoms with E-state index in [2.05, 4.69) is 31.4 Å². The van der Waals surface area contributed by atoms with Crippen molar-refractivity contribution in [1.29, 1.82) is 0 Å². The highest BCUT2D eigenvalue weighted by Crippen LogP contribution is 2.20. The van der Waals surface area contributed by atoms with Crippen LogP contribution in [0.4, 0.5) is 10.5 Å². The summed E-state index contributed by atoms with van der Waals surface area (Å²) >= 11 is 0. The number of hydrogen-bond acceptors (Lipinski definition) is 6. The van der Waals surface area contributed by atoms with E-state index >= 15 is 0 Å². The van der Waals surface area contributed by atoms with Crippen LogP contribution in [0.3, 0.4) is 0 Å². The molecule has 2 aromatic carbocycles. The minimum Gasteiger partial charge on any atom is -0.464 e. The number of nitrogens with one attached hydrogen (secondary N) is 2. The Kier molecular flexibility index (Phi) is 11.8. The van der Waals surface area contributed by atoms with Gasteiger partial charge in [-0.15, -0.1) is 0 Å². The molecule has 0 aromatic heterocycles. The van der Waals surface area contributed by atoms with Crippen molar-refractivity contribution in [3.63, 3.8) is 0 Å². The summed E-state index contributed by atoms with van der Waals surface area (Å²) in [6, 6.07) is 15.7. The molecule has 2 aromatic rings. The van der Waals surface area contributed by atoms with Crippen molar-refractivity contribution < 1.29 is 28.7 Å². The summed E-state index contributed by atoms with van der Waals surface area (Å²) < 4.78 is 10.1. The van der Waals surface area contributed by atoms with Gasteiger partial charge < -0.3 is 25.0 Å². The lowest BCUT2D eigenvalue weighted by Crippen LogP contribution is -2.45. The second-order valence-corrected chi connectivity index (χ2v) is 10.4. The number of rotatable bonds is 12. The average Bonchev–Trinajstić information content (AvgIpc) is 2.86. The molecule has 206 valence electrons. The van der Waals surface area contributed by atoms with Crippen molar-refractivity contribution >= 4 is 29.6 Å². The third kappa shape index (κ3) is 11.9. The van der Waals surface area contributed by atoms with E-state index in [1.54, 1.807) is 31.3 Å². The molecule has 38 heavy (non-hydrogen) atoms. The highest BCUT2D eigenvalue weighted by Gasteiger charge is 2.22. The van der Waals surface area contributed by atoms with Gasteiger partial charge in [0.05, 0.1) is 6.54 Å². The van der Waals surface area contributed by atoms with Crippen molar-refractivity contribution in [2.24, 2.45) is 5.41 Å². The first-order valence-corrected chi connectivity index (χ1v) is 12.7. The molecular formula is C29H39N3O6. The molecule has 0 unspecified atom stereocenters. The summed E-state index contributed by atoms with van der Waals surface area (Å²) in [5, 5.41) is 5.76. The van der Waals surface area contributed by atoms with Gasteiger partial charge >= 0.3 is 12.1 Å². The fourth-order valence-electron chi connectivity index (χ4n) is 3.40. The van der Waals surface area contributed by atoms with Gasteiger partial charge in [-0.25, -0.2) is 4.79 Å². The Balaban J connectivity index is 1.94. The number of carbonyl (C=O) groups excluding carboxylic acids is 4. The van der Waals surface area contributed by atoms with E-state index in [4.69, 9.17) is 9.47 Å². The van der Waals surface area contributed by atoms with Crippen LogP contribution in [-0.4, -0.2) is 55.0 Å². The first-order chi connectivity index (χ1) is 17.9. The molecule has 0 aliphatic carbocycles. The Labute approximate surface area is 224 Å². The average molecular weight is 526 g/mol. The Morgan fingerprint density at radius 2 is 1.58 bits per heavy atom. The highest BCUT2D eigenvalue weighted by atomic mass is 16.6. The van der Waals surface area contributed by atoms with E-state index in [0.29, 0.717) is 24.9 Å². The van der Waals surface area contributed by atoms with Crippen molar-refractivity contribution in [1.82, 2.24) is 10.2 Å². The molecule has 1 atom stereocenters. The van der Waals surface area contributed by atoms with Gasteiger partial charge in [-0.3, -0.25) is 14.4 Å². The maximum Gasteiger partial charge on any atom is 0.409 e. The lowest BCUT2D eigenvalue weighted by molar-refractivity contribution is -0.141. The van der Waals surface area contributed by atoms with Gasteiger partial charge in [0.15, 0.2) is 0 Å². The molecule has 0 bridgehead atoms. The van der Waals surface area contributed by atoms with E-state index < -0.39 is 18.1 Å². The lowest BCUT2D eigenvalue weighted by Gasteiger charge is -2.21. The van der Waals surface area contributed by atoms with Crippen molar-refractivity contribution in [2.75, 3.05) is 25.5 Å². The number of likely N-dealkylation sites (N-methyl/N-ethyl adjacent to an activating group) is 1. The number of esters is 1. The lowest BCUT2D eigenvalue weighted by atomic mass is 9.90. The number of anilines is 1. The van der Waals surface area contributed by atoms with Gasteiger partial charge in [0.25, 0.3) is 0 Å². The summed E-state index contributed by atoms with van der Waals surface area (Å²) in [5.74, 6) is -0.884. The molecule has 0 saturated carbocycles. The highest BCUT2D eigenvalue weighted by molar-refractivity contribution is 5.97. The Morgan fingerprint density at radius 3 is 2.18 bits per heavy atom. The van der Waals surface area contributed by atoms with E-state index in [9.17, 15) is 19.2 Å². The number of ether oxygens (including phenoxy) is 2. The number of hydrogen-bond donors (Lipinski definition) is 2. The quantitative estimate of drug-likeness (QED) is 0.399. The van der Waals surface area contributed by atoms with Crippen molar-refractivity contribution in [3.8, 4) is 0 Å². The van der Waals surface area contributed by atoms with Gasteiger partial charge in [0.2, 0.25) is 11.8 Å². The molecular weight excluding hydrogens is 486 g/mol. The van der Waals surface area contributed by atoms with E-state index in [-0.39, 0.29) is 37.0 Å². The molecule has 2 N–H and O–H groups in total. The Bertz CT molecular complexity index is 1060. The maximum atomic E-state index is 13.1. The van der Waals surface area contributed by atoms with E-state index in [0.717, 1.165) is 11.1 Å². The molecule has 0 aliphatic rings. The number of benzene rings is 2. The van der Waals surface area contributed by atoms with Crippen LogP contribution in [-0.2, 0) is 36.9 Å². The third-order valence-corrected chi connectivity index (χ3v) is 5.66. The van der Waals surface area contributed by atoms with Gasteiger partial charge in [-0.05, 0) is 35.1 Å². The smallest absolute Gasteiger partial charge is 0.409 e. The Hall–Kier alpha value is -3.88. The van der Waals surface area contributed by atoms with Gasteiger partial charge in [0.1, 0.15) is 19.3 Å². The van der Waals surface area contributed by atoms with E-state index in [1.165, 1.54) is 11.8 Å². The zero-order valence-electron chi connectivity index (χ0n) is 22.9. The molecule has 9 nitrogen and oxygen atoms in total. The molecule has 0 spiro atoms. The van der Waals surface area contributed by atoms with Crippen LogP contribution in [0.5, 0.6) is 0 Å². The van der Waals surface area contributed by atoms with Crippen LogP contribution in [0.25, 0.3) is 0 Å². The first-order valence-electron chi connectivity index (χ1n) is 12.7. The second-order valence-electron chi connectivity index (χ2n) is 10.4. The van der Waals surface area contributed by atoms with Crippen LogP contribution in [0.15, 0.2) is 54.6 Å². The summed E-state index contributed by atoms with van der Waals surface area (Å²) in [5.41, 5.74) is 2.26. The van der Waals surface area contributed by atoms with Crippen LogP contribution < -0.4 is 10.6 Å². The molecule has 2 rings (SSSR count). The normalized spacial score (nSPS) is 11.7. The largest absolute Gasteiger partial charge is 0.464 e. The first kappa shape index (κ1) is 30.3. The molecule has 0 fully saturated rings. The van der Waals surface area contributed by atoms with Crippen LogP contribution in [0.2, 0.25) is 0 Å². The summed E-state index contributed by atoms with van der Waals surface area (Å²) in [6.07, 6.45) is 0.883. The molecule has 0 radical (unpaired) electrons. The van der Waals surface area contributed by atoms with Crippen LogP contribution in [0, 0.1) is 5.41 Å². The minimum absolute atomic E-state index is 0.0178. The predicted molar refractivity (Wildman–Crippen MR) is 145 cm³/mol. The molecule has 3 amide bonds. The van der Waals surface area contributed by atoms with Gasteiger partial charge in [-0.1, -0.05) is 63.2 Å². The predicted octanol–water partition coefficient (Wildman–Crippen LogP) is 4.31. The fourth-order valence-corrected chi connectivity index (χ4v) is 3.40. The zero-order valence-corrected chi connectivity index (χ0v) is 22.9. The molecule has 0 heterocycles. The monoisotopic (exact) mass is 525 g/mol. The van der Waals surface area contributed by atoms with Crippen molar-refractivity contribution in [3.05, 3.63) is 65.7 Å².